The molecule has 0 aromatic carbocycles. The molecule has 19 heavy (non-hydrogen) atoms. The van der Waals surface area contributed by atoms with Crippen LogP contribution >= 0.6 is 11.8 Å². The summed E-state index contributed by atoms with van der Waals surface area (Å²) in [7, 11) is 0. The van der Waals surface area contributed by atoms with E-state index in [1.54, 1.807) is 11.8 Å². The Morgan fingerprint density at radius 2 is 2.05 bits per heavy atom. The van der Waals surface area contributed by atoms with Crippen LogP contribution in [0.5, 0.6) is 0 Å². The van der Waals surface area contributed by atoms with Crippen molar-refractivity contribution >= 4 is 17.7 Å². The molecule has 0 aromatic heterocycles. The Balaban J connectivity index is 4.38. The average Bonchev–Trinajstić information content (AvgIpc) is 2.28. The number of carbonyl (C=O) groups excluding carboxylic acids is 1. The molecule has 5 heteroatoms. The van der Waals surface area contributed by atoms with Gasteiger partial charge in [0.2, 0.25) is 0 Å². The molecule has 0 aromatic rings. The zero-order chi connectivity index (χ0) is 14.9. The van der Waals surface area contributed by atoms with Crippen molar-refractivity contribution in [1.29, 1.82) is 0 Å². The van der Waals surface area contributed by atoms with Crippen molar-refractivity contribution in [2.45, 2.75) is 64.3 Å². The van der Waals surface area contributed by atoms with Crippen LogP contribution in [0.4, 0.5) is 0 Å². The van der Waals surface area contributed by atoms with Crippen LogP contribution < -0.4 is 5.32 Å². The van der Waals surface area contributed by atoms with E-state index in [9.17, 15) is 4.79 Å². The quantitative estimate of drug-likeness (QED) is 0.604. The van der Waals surface area contributed by atoms with Gasteiger partial charge in [0.15, 0.2) is 0 Å². The van der Waals surface area contributed by atoms with Gasteiger partial charge in [-0.15, -0.1) is 0 Å². The maximum absolute atomic E-state index is 12.1. The third kappa shape index (κ3) is 7.80. The van der Waals surface area contributed by atoms with Gasteiger partial charge in [-0.2, -0.15) is 11.8 Å². The van der Waals surface area contributed by atoms with Gasteiger partial charge in [-0.25, -0.2) is 0 Å². The van der Waals surface area contributed by atoms with Crippen molar-refractivity contribution in [3.63, 3.8) is 0 Å². The highest BCUT2D eigenvalue weighted by Crippen LogP contribution is 2.21. The first-order valence-electron chi connectivity index (χ1n) is 7.03. The molecule has 0 rings (SSSR count). The summed E-state index contributed by atoms with van der Waals surface area (Å²) >= 11 is 1.78. The molecule has 0 radical (unpaired) electrons. The standard InChI is InChI=1S/C14H29NO3S/c1-6-18-13(17)14(5,15-11(2)3)8-10-19-12(4)7-9-16/h11-12,15-16H,6-10H2,1-5H3. The molecule has 0 fully saturated rings. The van der Waals surface area contributed by atoms with Crippen LogP contribution in [0, 0.1) is 0 Å². The van der Waals surface area contributed by atoms with E-state index in [1.165, 1.54) is 0 Å². The number of esters is 1. The molecule has 0 bridgehead atoms. The second-order valence-corrected chi connectivity index (χ2v) is 6.84. The zero-order valence-electron chi connectivity index (χ0n) is 12.9. The molecule has 2 N–H and O–H groups in total. The van der Waals surface area contributed by atoms with E-state index in [-0.39, 0.29) is 18.6 Å². The molecular formula is C14H29NO3S. The van der Waals surface area contributed by atoms with Crippen molar-refractivity contribution in [1.82, 2.24) is 5.32 Å². The van der Waals surface area contributed by atoms with E-state index >= 15 is 0 Å². The van der Waals surface area contributed by atoms with Crippen LogP contribution in [-0.4, -0.2) is 46.9 Å². The molecule has 0 aliphatic heterocycles. The summed E-state index contributed by atoms with van der Waals surface area (Å²) < 4.78 is 5.16. The van der Waals surface area contributed by atoms with Crippen LogP contribution in [0.25, 0.3) is 0 Å². The number of carbonyl (C=O) groups is 1. The summed E-state index contributed by atoms with van der Waals surface area (Å²) in [5.41, 5.74) is -0.629. The highest BCUT2D eigenvalue weighted by Gasteiger charge is 2.34. The predicted octanol–water partition coefficient (Wildman–Crippen LogP) is 2.20. The lowest BCUT2D eigenvalue weighted by atomic mass is 9.98. The van der Waals surface area contributed by atoms with Crippen molar-refractivity contribution in [2.75, 3.05) is 19.0 Å². The van der Waals surface area contributed by atoms with Crippen molar-refractivity contribution in [2.24, 2.45) is 0 Å². The first-order valence-corrected chi connectivity index (χ1v) is 8.08. The Bertz CT molecular complexity index is 261. The van der Waals surface area contributed by atoms with Crippen molar-refractivity contribution in [3.8, 4) is 0 Å². The van der Waals surface area contributed by atoms with Crippen LogP contribution in [-0.2, 0) is 9.53 Å². The van der Waals surface area contributed by atoms with Gasteiger partial charge in [-0.1, -0.05) is 6.92 Å². The molecule has 0 heterocycles. The number of ether oxygens (including phenoxy) is 1. The molecular weight excluding hydrogens is 262 g/mol. The smallest absolute Gasteiger partial charge is 0.326 e. The fourth-order valence-electron chi connectivity index (χ4n) is 1.89. The van der Waals surface area contributed by atoms with Gasteiger partial charge in [-0.05, 0) is 46.3 Å². The number of rotatable bonds is 10. The largest absolute Gasteiger partial charge is 0.465 e. The SMILES string of the molecule is CCOC(=O)C(C)(CCSC(C)CCO)NC(C)C. The van der Waals surface area contributed by atoms with Gasteiger partial charge in [0, 0.05) is 17.9 Å². The average molecular weight is 291 g/mol. The van der Waals surface area contributed by atoms with Crippen molar-refractivity contribution in [3.05, 3.63) is 0 Å². The Morgan fingerprint density at radius 3 is 2.53 bits per heavy atom. The molecule has 0 saturated heterocycles. The number of thioether (sulfide) groups is 1. The number of hydrogen-bond acceptors (Lipinski definition) is 5. The molecule has 0 amide bonds. The predicted molar refractivity (Wildman–Crippen MR) is 81.5 cm³/mol. The van der Waals surface area contributed by atoms with Gasteiger partial charge in [-0.3, -0.25) is 10.1 Å². The van der Waals surface area contributed by atoms with Crippen LogP contribution in [0.3, 0.4) is 0 Å². The van der Waals surface area contributed by atoms with Gasteiger partial charge < -0.3 is 9.84 Å². The van der Waals surface area contributed by atoms with Gasteiger partial charge >= 0.3 is 5.97 Å². The van der Waals surface area contributed by atoms with E-state index < -0.39 is 5.54 Å². The zero-order valence-corrected chi connectivity index (χ0v) is 13.7. The number of aliphatic hydroxyl groups is 1. The lowest BCUT2D eigenvalue weighted by Crippen LogP contribution is -2.53. The van der Waals surface area contributed by atoms with Crippen molar-refractivity contribution < 1.29 is 14.6 Å². The van der Waals surface area contributed by atoms with Crippen LogP contribution in [0.1, 0.15) is 47.5 Å². The monoisotopic (exact) mass is 291 g/mol. The van der Waals surface area contributed by atoms with Gasteiger partial charge in [0.25, 0.3) is 0 Å². The van der Waals surface area contributed by atoms with E-state index in [2.05, 4.69) is 12.2 Å². The highest BCUT2D eigenvalue weighted by atomic mass is 32.2. The van der Waals surface area contributed by atoms with E-state index in [0.29, 0.717) is 11.9 Å². The summed E-state index contributed by atoms with van der Waals surface area (Å²) in [4.78, 5) is 12.1. The van der Waals surface area contributed by atoms with Crippen LogP contribution in [0.2, 0.25) is 0 Å². The minimum atomic E-state index is -0.629. The topological polar surface area (TPSA) is 58.6 Å². The molecule has 0 aliphatic carbocycles. The second-order valence-electron chi connectivity index (χ2n) is 5.30. The van der Waals surface area contributed by atoms with E-state index in [4.69, 9.17) is 9.84 Å². The van der Waals surface area contributed by atoms with Gasteiger partial charge in [0.1, 0.15) is 5.54 Å². The molecule has 114 valence electrons. The molecule has 0 spiro atoms. The second kappa shape index (κ2) is 9.61. The minimum absolute atomic E-state index is 0.181. The number of hydrogen-bond donors (Lipinski definition) is 2. The summed E-state index contributed by atoms with van der Waals surface area (Å²) in [5, 5.41) is 12.6. The molecule has 4 nitrogen and oxygen atoms in total. The molecule has 2 unspecified atom stereocenters. The Morgan fingerprint density at radius 1 is 1.42 bits per heavy atom. The lowest BCUT2D eigenvalue weighted by Gasteiger charge is -2.31. The molecule has 0 saturated carbocycles. The minimum Gasteiger partial charge on any atom is -0.465 e. The third-order valence-electron chi connectivity index (χ3n) is 2.87. The Hall–Kier alpha value is -0.260. The summed E-state index contributed by atoms with van der Waals surface area (Å²) in [6.07, 6.45) is 1.52. The molecule has 0 aliphatic rings. The van der Waals surface area contributed by atoms with Gasteiger partial charge in [0.05, 0.1) is 6.61 Å². The third-order valence-corrected chi connectivity index (χ3v) is 4.12. The fourth-order valence-corrected chi connectivity index (χ4v) is 3.09. The summed E-state index contributed by atoms with van der Waals surface area (Å²) in [5.74, 6) is 0.690. The van der Waals surface area contributed by atoms with E-state index in [1.807, 2.05) is 27.7 Å². The summed E-state index contributed by atoms with van der Waals surface area (Å²) in [6.45, 7) is 10.5. The Labute approximate surface area is 121 Å². The number of aliphatic hydroxyl groups excluding tert-OH is 1. The maximum Gasteiger partial charge on any atom is 0.326 e. The Kier molecular flexibility index (Phi) is 9.48. The normalized spacial score (nSPS) is 16.2. The summed E-state index contributed by atoms with van der Waals surface area (Å²) in [6, 6.07) is 0.231. The molecule has 2 atom stereocenters. The maximum atomic E-state index is 12.1. The fraction of sp³-hybridized carbons (Fsp3) is 0.929. The van der Waals surface area contributed by atoms with E-state index in [0.717, 1.165) is 18.6 Å². The number of nitrogens with one attached hydrogen (secondary N) is 1. The highest BCUT2D eigenvalue weighted by molar-refractivity contribution is 7.99. The first-order chi connectivity index (χ1) is 8.85. The van der Waals surface area contributed by atoms with Crippen LogP contribution in [0.15, 0.2) is 0 Å². The first kappa shape index (κ1) is 18.7. The lowest BCUT2D eigenvalue weighted by molar-refractivity contribution is -0.150.